The highest BCUT2D eigenvalue weighted by Gasteiger charge is 2.02. The Morgan fingerprint density at radius 3 is 2.78 bits per heavy atom. The summed E-state index contributed by atoms with van der Waals surface area (Å²) < 4.78 is 0.984. The summed E-state index contributed by atoms with van der Waals surface area (Å²) in [4.78, 5) is 4.01. The molecule has 2 aromatic rings. The van der Waals surface area contributed by atoms with E-state index < -0.39 is 0 Å². The minimum absolute atomic E-state index is 0.535. The van der Waals surface area contributed by atoms with Crippen LogP contribution < -0.4 is 10.6 Å². The molecule has 0 atom stereocenters. The van der Waals surface area contributed by atoms with Crippen molar-refractivity contribution in [3.8, 4) is 0 Å². The summed E-state index contributed by atoms with van der Waals surface area (Å²) in [6.07, 6.45) is 3.44. The maximum Gasteiger partial charge on any atom is 0.175 e. The molecule has 5 heteroatoms. The standard InChI is InChI=1S/C13H12BrN3S/c1-9-4-5-12(11(14)7-9)17-13(18)16-10-3-2-6-15-8-10/h2-8H,1H3,(H2,16,17,18). The second kappa shape index (κ2) is 5.93. The maximum absolute atomic E-state index is 5.24. The Bertz CT molecular complexity index is 557. The molecule has 0 unspecified atom stereocenters. The summed E-state index contributed by atoms with van der Waals surface area (Å²) in [5.41, 5.74) is 2.98. The molecule has 0 radical (unpaired) electrons. The van der Waals surface area contributed by atoms with Crippen LogP contribution in [0.2, 0.25) is 0 Å². The van der Waals surface area contributed by atoms with Crippen LogP contribution in [-0.4, -0.2) is 10.1 Å². The Kier molecular flexibility index (Phi) is 4.28. The smallest absolute Gasteiger partial charge is 0.175 e. The normalized spacial score (nSPS) is 9.89. The number of hydrogen-bond acceptors (Lipinski definition) is 2. The van der Waals surface area contributed by atoms with Crippen LogP contribution in [0.15, 0.2) is 47.2 Å². The Balaban J connectivity index is 2.03. The van der Waals surface area contributed by atoms with E-state index in [4.69, 9.17) is 12.2 Å². The predicted molar refractivity (Wildman–Crippen MR) is 83.0 cm³/mol. The molecular weight excluding hydrogens is 310 g/mol. The van der Waals surface area contributed by atoms with Gasteiger partial charge < -0.3 is 10.6 Å². The van der Waals surface area contributed by atoms with Gasteiger partial charge in [-0.15, -0.1) is 0 Å². The van der Waals surface area contributed by atoms with Gasteiger partial charge >= 0.3 is 0 Å². The van der Waals surface area contributed by atoms with Crippen molar-refractivity contribution < 1.29 is 0 Å². The van der Waals surface area contributed by atoms with E-state index in [0.717, 1.165) is 15.8 Å². The van der Waals surface area contributed by atoms with E-state index in [2.05, 4.69) is 31.5 Å². The molecule has 1 heterocycles. The van der Waals surface area contributed by atoms with Crippen molar-refractivity contribution in [1.29, 1.82) is 0 Å². The topological polar surface area (TPSA) is 37.0 Å². The van der Waals surface area contributed by atoms with Gasteiger partial charge in [-0.2, -0.15) is 0 Å². The SMILES string of the molecule is Cc1ccc(NC(=S)Nc2cccnc2)c(Br)c1. The molecule has 2 N–H and O–H groups in total. The van der Waals surface area contributed by atoms with Gasteiger partial charge in [0, 0.05) is 10.7 Å². The van der Waals surface area contributed by atoms with E-state index in [1.54, 1.807) is 12.4 Å². The van der Waals surface area contributed by atoms with E-state index in [0.29, 0.717) is 5.11 Å². The third-order valence-electron chi connectivity index (χ3n) is 2.29. The number of halogens is 1. The van der Waals surface area contributed by atoms with Crippen LogP contribution in [0.25, 0.3) is 0 Å². The minimum Gasteiger partial charge on any atom is -0.332 e. The van der Waals surface area contributed by atoms with Crippen LogP contribution in [0.1, 0.15) is 5.56 Å². The van der Waals surface area contributed by atoms with Crippen molar-refractivity contribution in [2.45, 2.75) is 6.92 Å². The van der Waals surface area contributed by atoms with Crippen molar-refractivity contribution in [1.82, 2.24) is 4.98 Å². The molecule has 0 saturated carbocycles. The minimum atomic E-state index is 0.535. The van der Waals surface area contributed by atoms with Gasteiger partial charge in [0.25, 0.3) is 0 Å². The average molecular weight is 322 g/mol. The Morgan fingerprint density at radius 1 is 1.28 bits per heavy atom. The molecule has 0 aliphatic carbocycles. The molecule has 1 aromatic carbocycles. The molecular formula is C13H12BrN3S. The van der Waals surface area contributed by atoms with Crippen LogP contribution in [0, 0.1) is 6.92 Å². The first kappa shape index (κ1) is 13.0. The molecule has 0 bridgehead atoms. The number of aryl methyl sites for hydroxylation is 1. The zero-order valence-corrected chi connectivity index (χ0v) is 12.2. The quantitative estimate of drug-likeness (QED) is 0.821. The van der Waals surface area contributed by atoms with Gasteiger partial charge in [-0.1, -0.05) is 6.07 Å². The average Bonchev–Trinajstić information content (AvgIpc) is 2.34. The van der Waals surface area contributed by atoms with Crippen LogP contribution >= 0.6 is 28.1 Å². The van der Waals surface area contributed by atoms with Crippen LogP contribution in [0.4, 0.5) is 11.4 Å². The first-order valence-corrected chi connectivity index (χ1v) is 6.59. The highest BCUT2D eigenvalue weighted by atomic mass is 79.9. The van der Waals surface area contributed by atoms with Gasteiger partial charge in [-0.05, 0) is 64.9 Å². The van der Waals surface area contributed by atoms with Gasteiger partial charge in [0.1, 0.15) is 0 Å². The van der Waals surface area contributed by atoms with Gasteiger partial charge in [0.2, 0.25) is 0 Å². The second-order valence-electron chi connectivity index (χ2n) is 3.80. The molecule has 1 aromatic heterocycles. The summed E-state index contributed by atoms with van der Waals surface area (Å²) in [6, 6.07) is 9.81. The lowest BCUT2D eigenvalue weighted by atomic mass is 10.2. The molecule has 3 nitrogen and oxygen atoms in total. The number of benzene rings is 1. The number of nitrogens with one attached hydrogen (secondary N) is 2. The number of aromatic nitrogens is 1. The zero-order valence-electron chi connectivity index (χ0n) is 9.77. The molecule has 0 aliphatic heterocycles. The van der Waals surface area contributed by atoms with Crippen LogP contribution in [0.5, 0.6) is 0 Å². The highest BCUT2D eigenvalue weighted by molar-refractivity contribution is 9.10. The van der Waals surface area contributed by atoms with Crippen LogP contribution in [0.3, 0.4) is 0 Å². The summed E-state index contributed by atoms with van der Waals surface area (Å²) in [5, 5.41) is 6.74. The van der Waals surface area contributed by atoms with E-state index in [1.807, 2.05) is 37.3 Å². The van der Waals surface area contributed by atoms with Gasteiger partial charge in [0.05, 0.1) is 17.6 Å². The summed E-state index contributed by atoms with van der Waals surface area (Å²) in [6.45, 7) is 2.04. The Labute approximate surface area is 120 Å². The Morgan fingerprint density at radius 2 is 2.11 bits per heavy atom. The zero-order chi connectivity index (χ0) is 13.0. The first-order chi connectivity index (χ1) is 8.65. The van der Waals surface area contributed by atoms with Crippen molar-refractivity contribution in [3.63, 3.8) is 0 Å². The molecule has 0 fully saturated rings. The number of hydrogen-bond donors (Lipinski definition) is 2. The number of anilines is 2. The maximum atomic E-state index is 5.24. The van der Waals surface area contributed by atoms with E-state index in [-0.39, 0.29) is 0 Å². The highest BCUT2D eigenvalue weighted by Crippen LogP contribution is 2.23. The van der Waals surface area contributed by atoms with Gasteiger partial charge in [0.15, 0.2) is 5.11 Å². The molecule has 18 heavy (non-hydrogen) atoms. The van der Waals surface area contributed by atoms with E-state index in [1.165, 1.54) is 5.56 Å². The lowest BCUT2D eigenvalue weighted by Crippen LogP contribution is -2.19. The Hall–Kier alpha value is -1.46. The fourth-order valence-corrected chi connectivity index (χ4v) is 2.26. The molecule has 0 aliphatic rings. The summed E-state index contributed by atoms with van der Waals surface area (Å²) in [7, 11) is 0. The number of pyridine rings is 1. The van der Waals surface area contributed by atoms with Crippen LogP contribution in [-0.2, 0) is 0 Å². The van der Waals surface area contributed by atoms with Crippen molar-refractivity contribution >= 4 is 44.6 Å². The molecule has 92 valence electrons. The number of nitrogens with zero attached hydrogens (tertiary/aromatic N) is 1. The third kappa shape index (κ3) is 3.51. The largest absolute Gasteiger partial charge is 0.332 e. The van der Waals surface area contributed by atoms with Crippen molar-refractivity contribution in [2.24, 2.45) is 0 Å². The van der Waals surface area contributed by atoms with Gasteiger partial charge in [-0.25, -0.2) is 0 Å². The lowest BCUT2D eigenvalue weighted by molar-refractivity contribution is 1.33. The fourth-order valence-electron chi connectivity index (χ4n) is 1.44. The van der Waals surface area contributed by atoms with Gasteiger partial charge in [-0.3, -0.25) is 4.98 Å². The number of thiocarbonyl (C=S) groups is 1. The summed E-state index contributed by atoms with van der Waals surface area (Å²) >= 11 is 8.74. The number of rotatable bonds is 2. The molecule has 2 rings (SSSR count). The molecule has 0 amide bonds. The van der Waals surface area contributed by atoms with E-state index in [9.17, 15) is 0 Å². The van der Waals surface area contributed by atoms with Crippen molar-refractivity contribution in [3.05, 3.63) is 52.8 Å². The molecule has 0 saturated heterocycles. The van der Waals surface area contributed by atoms with Crippen molar-refractivity contribution in [2.75, 3.05) is 10.6 Å². The fraction of sp³-hybridized carbons (Fsp3) is 0.0769. The predicted octanol–water partition coefficient (Wildman–Crippen LogP) is 3.96. The monoisotopic (exact) mass is 321 g/mol. The first-order valence-electron chi connectivity index (χ1n) is 5.39. The third-order valence-corrected chi connectivity index (χ3v) is 3.15. The second-order valence-corrected chi connectivity index (χ2v) is 5.07. The lowest BCUT2D eigenvalue weighted by Gasteiger charge is -2.11. The molecule has 0 spiro atoms. The summed E-state index contributed by atoms with van der Waals surface area (Å²) in [5.74, 6) is 0. The van der Waals surface area contributed by atoms with E-state index >= 15 is 0 Å².